The van der Waals surface area contributed by atoms with Crippen LogP contribution in [0, 0.1) is 17.2 Å². The van der Waals surface area contributed by atoms with Gasteiger partial charge in [-0.1, -0.05) is 124 Å². The minimum atomic E-state index is -0.546. The van der Waals surface area contributed by atoms with E-state index < -0.39 is 5.97 Å². The molecule has 4 aromatic carbocycles. The summed E-state index contributed by atoms with van der Waals surface area (Å²) in [5.74, 6) is 0.0389. The molecule has 0 fully saturated rings. The van der Waals surface area contributed by atoms with E-state index in [1.54, 1.807) is 36.4 Å². The molecule has 44 heavy (non-hydrogen) atoms. The number of ketones is 1. The third kappa shape index (κ3) is 9.43. The summed E-state index contributed by atoms with van der Waals surface area (Å²) in [6, 6.07) is 34.6. The number of unbranched alkanes of at least 4 members (excludes halogenated alkanes) is 1. The van der Waals surface area contributed by atoms with Crippen LogP contribution in [0.2, 0.25) is 0 Å². The molecule has 1 N–H and O–H groups in total. The number of rotatable bonds is 12. The Kier molecular flexibility index (Phi) is 13.4. The molecule has 0 bridgehead atoms. The minimum absolute atomic E-state index is 0.0535. The predicted octanol–water partition coefficient (Wildman–Crippen LogP) is 8.40. The van der Waals surface area contributed by atoms with Gasteiger partial charge in [-0.05, 0) is 35.6 Å². The van der Waals surface area contributed by atoms with Crippen molar-refractivity contribution < 1.29 is 24.2 Å². The molecule has 0 aliphatic carbocycles. The van der Waals surface area contributed by atoms with Crippen molar-refractivity contribution in [3.8, 4) is 17.6 Å². The van der Waals surface area contributed by atoms with Crippen molar-refractivity contribution in [1.29, 1.82) is 5.26 Å². The Morgan fingerprint density at radius 2 is 1.36 bits per heavy atom. The average molecular weight is 590 g/mol. The standard InChI is InChI=1S/C24H27NO2.C14H12O3/c1-3-5-12-19(4-2)18-27-24(26)22(17-25)23(20-13-8-6-9-14-20)21-15-10-7-11-16-21;1-17-11-7-8-12(13(15)9-11)14(16)10-5-3-2-4-6-10/h6-11,13-16,19H,3-5,12,18H2,1-2H3;2-9,15H,1H3. The van der Waals surface area contributed by atoms with Crippen LogP contribution in [0.3, 0.4) is 0 Å². The van der Waals surface area contributed by atoms with Gasteiger partial charge in [-0.3, -0.25) is 4.79 Å². The summed E-state index contributed by atoms with van der Waals surface area (Å²) >= 11 is 0. The zero-order valence-corrected chi connectivity index (χ0v) is 25.5. The Balaban J connectivity index is 0.000000266. The SMILES string of the molecule is CCCCC(CC)COC(=O)C(C#N)=C(c1ccccc1)c1ccccc1.COc1ccc(C(=O)c2ccccc2)c(O)c1. The summed E-state index contributed by atoms with van der Waals surface area (Å²) in [5, 5.41) is 19.5. The number of esters is 1. The molecule has 0 radical (unpaired) electrons. The molecule has 0 amide bonds. The van der Waals surface area contributed by atoms with Gasteiger partial charge in [-0.25, -0.2) is 4.79 Å². The van der Waals surface area contributed by atoms with Crippen LogP contribution in [0.25, 0.3) is 5.57 Å². The number of hydrogen-bond donors (Lipinski definition) is 1. The van der Waals surface area contributed by atoms with E-state index in [0.29, 0.717) is 29.4 Å². The highest BCUT2D eigenvalue weighted by Gasteiger charge is 2.21. The molecule has 0 saturated heterocycles. The predicted molar refractivity (Wildman–Crippen MR) is 173 cm³/mol. The van der Waals surface area contributed by atoms with Crippen LogP contribution in [-0.4, -0.2) is 30.6 Å². The molecule has 0 heterocycles. The summed E-state index contributed by atoms with van der Waals surface area (Å²) < 4.78 is 10.5. The second-order valence-corrected chi connectivity index (χ2v) is 10.2. The van der Waals surface area contributed by atoms with Gasteiger partial charge in [-0.15, -0.1) is 0 Å². The normalized spacial score (nSPS) is 10.8. The van der Waals surface area contributed by atoms with Crippen molar-refractivity contribution >= 4 is 17.3 Å². The van der Waals surface area contributed by atoms with Crippen LogP contribution in [0.4, 0.5) is 0 Å². The number of phenolic OH excluding ortho intramolecular Hbond substituents is 1. The van der Waals surface area contributed by atoms with Crippen LogP contribution >= 0.6 is 0 Å². The van der Waals surface area contributed by atoms with Gasteiger partial charge in [0.25, 0.3) is 0 Å². The van der Waals surface area contributed by atoms with Gasteiger partial charge >= 0.3 is 5.97 Å². The number of carbonyl (C=O) groups is 2. The lowest BCUT2D eigenvalue weighted by molar-refractivity contribution is -0.139. The third-order valence-corrected chi connectivity index (χ3v) is 7.17. The van der Waals surface area contributed by atoms with Crippen LogP contribution in [0.5, 0.6) is 11.5 Å². The number of aromatic hydroxyl groups is 1. The van der Waals surface area contributed by atoms with E-state index in [1.165, 1.54) is 13.2 Å². The first-order valence-corrected chi connectivity index (χ1v) is 14.8. The molecule has 1 unspecified atom stereocenters. The van der Waals surface area contributed by atoms with E-state index in [2.05, 4.69) is 19.9 Å². The summed E-state index contributed by atoms with van der Waals surface area (Å²) in [6.45, 7) is 4.62. The summed E-state index contributed by atoms with van der Waals surface area (Å²) in [5.41, 5.74) is 3.15. The molecule has 0 aromatic heterocycles. The van der Waals surface area contributed by atoms with E-state index in [4.69, 9.17) is 9.47 Å². The van der Waals surface area contributed by atoms with Gasteiger partial charge in [0.1, 0.15) is 23.1 Å². The number of phenols is 1. The minimum Gasteiger partial charge on any atom is -0.507 e. The third-order valence-electron chi connectivity index (χ3n) is 7.17. The molecule has 1 atom stereocenters. The maximum absolute atomic E-state index is 12.8. The summed E-state index contributed by atoms with van der Waals surface area (Å²) in [7, 11) is 1.51. The Labute approximate surface area is 260 Å². The number of hydrogen-bond acceptors (Lipinski definition) is 6. The maximum atomic E-state index is 12.8. The summed E-state index contributed by atoms with van der Waals surface area (Å²) in [4.78, 5) is 24.8. The number of nitrogens with zero attached hydrogens (tertiary/aromatic N) is 1. The number of carbonyl (C=O) groups excluding carboxylic acids is 2. The van der Waals surface area contributed by atoms with Crippen molar-refractivity contribution in [2.24, 2.45) is 5.92 Å². The van der Waals surface area contributed by atoms with Gasteiger partial charge in [0.15, 0.2) is 5.78 Å². The molecule has 0 aliphatic heterocycles. The lowest BCUT2D eigenvalue weighted by Gasteiger charge is -2.16. The first-order valence-electron chi connectivity index (χ1n) is 14.8. The molecule has 4 aromatic rings. The van der Waals surface area contributed by atoms with Gasteiger partial charge in [0, 0.05) is 17.2 Å². The summed E-state index contributed by atoms with van der Waals surface area (Å²) in [6.07, 6.45) is 4.25. The fourth-order valence-corrected chi connectivity index (χ4v) is 4.61. The number of methoxy groups -OCH3 is 1. The van der Waals surface area contributed by atoms with Crippen molar-refractivity contribution in [3.63, 3.8) is 0 Å². The highest BCUT2D eigenvalue weighted by molar-refractivity contribution is 6.10. The molecule has 0 saturated carbocycles. The van der Waals surface area contributed by atoms with E-state index in [1.807, 2.05) is 66.7 Å². The Hall–Kier alpha value is -5.15. The second kappa shape index (κ2) is 17.7. The van der Waals surface area contributed by atoms with Crippen LogP contribution in [0.15, 0.2) is 115 Å². The van der Waals surface area contributed by atoms with E-state index in [0.717, 1.165) is 36.8 Å². The van der Waals surface area contributed by atoms with Crippen LogP contribution < -0.4 is 4.74 Å². The van der Waals surface area contributed by atoms with Gasteiger partial charge < -0.3 is 14.6 Å². The fraction of sp³-hybridized carbons (Fsp3) is 0.237. The van der Waals surface area contributed by atoms with Crippen molar-refractivity contribution in [2.75, 3.05) is 13.7 Å². The van der Waals surface area contributed by atoms with Crippen LogP contribution in [-0.2, 0) is 9.53 Å². The highest BCUT2D eigenvalue weighted by Crippen LogP contribution is 2.28. The zero-order chi connectivity index (χ0) is 31.7. The zero-order valence-electron chi connectivity index (χ0n) is 25.5. The van der Waals surface area contributed by atoms with Crippen molar-refractivity contribution in [2.45, 2.75) is 39.5 Å². The Bertz CT molecular complexity index is 1520. The molecular weight excluding hydrogens is 550 g/mol. The largest absolute Gasteiger partial charge is 0.507 e. The van der Waals surface area contributed by atoms with Gasteiger partial charge in [0.05, 0.1) is 19.3 Å². The highest BCUT2D eigenvalue weighted by atomic mass is 16.5. The van der Waals surface area contributed by atoms with Crippen molar-refractivity contribution in [3.05, 3.63) is 137 Å². The molecule has 0 spiro atoms. The monoisotopic (exact) mass is 589 g/mol. The molecule has 0 aliphatic rings. The maximum Gasteiger partial charge on any atom is 0.349 e. The lowest BCUT2D eigenvalue weighted by atomic mass is 9.93. The Morgan fingerprint density at radius 3 is 1.82 bits per heavy atom. The van der Waals surface area contributed by atoms with Gasteiger partial charge in [0.2, 0.25) is 0 Å². The van der Waals surface area contributed by atoms with Gasteiger partial charge in [-0.2, -0.15) is 5.26 Å². The molecule has 6 nitrogen and oxygen atoms in total. The molecule has 226 valence electrons. The first kappa shape index (κ1) is 33.4. The van der Waals surface area contributed by atoms with E-state index in [9.17, 15) is 20.0 Å². The second-order valence-electron chi connectivity index (χ2n) is 10.2. The topological polar surface area (TPSA) is 96.6 Å². The van der Waals surface area contributed by atoms with Crippen LogP contribution in [0.1, 0.15) is 66.6 Å². The first-order chi connectivity index (χ1) is 21.4. The van der Waals surface area contributed by atoms with E-state index in [-0.39, 0.29) is 22.7 Å². The van der Waals surface area contributed by atoms with Crippen molar-refractivity contribution in [1.82, 2.24) is 0 Å². The quantitative estimate of drug-likeness (QED) is 0.0771. The fourth-order valence-electron chi connectivity index (χ4n) is 4.61. The van der Waals surface area contributed by atoms with E-state index >= 15 is 0 Å². The number of ether oxygens (including phenoxy) is 2. The number of benzene rings is 4. The average Bonchev–Trinajstić information content (AvgIpc) is 3.08. The molecule has 6 heteroatoms. The molecule has 4 rings (SSSR count). The molecular formula is C38H39NO5. The lowest BCUT2D eigenvalue weighted by Crippen LogP contribution is -2.16. The Morgan fingerprint density at radius 1 is 0.818 bits per heavy atom. The smallest absolute Gasteiger partial charge is 0.349 e. The number of nitriles is 1.